The highest BCUT2D eigenvalue weighted by Gasteiger charge is 2.29. The number of thioether (sulfide) groups is 1. The summed E-state index contributed by atoms with van der Waals surface area (Å²) in [5, 5.41) is 9.29. The molecular weight excluding hydrogens is 306 g/mol. The Labute approximate surface area is 141 Å². The zero-order valence-corrected chi connectivity index (χ0v) is 15.0. The third-order valence-corrected chi connectivity index (χ3v) is 5.24. The fraction of sp³-hybridized carbons (Fsp3) is 0.500. The molecule has 1 aromatic carbocycles. The standard InChI is InChI=1S/C18H23N3OS/c1-18(2,3)14-9-7-12(8-10-14)15(22)11-23-17-20-19-16(21(17)4)13-5-6-13/h7-10,13H,5-6,11H2,1-4H3. The number of aromatic nitrogens is 3. The van der Waals surface area contributed by atoms with Crippen LogP contribution in [0.1, 0.15) is 61.3 Å². The minimum Gasteiger partial charge on any atom is -0.309 e. The largest absolute Gasteiger partial charge is 0.309 e. The van der Waals surface area contributed by atoms with Gasteiger partial charge >= 0.3 is 0 Å². The van der Waals surface area contributed by atoms with Crippen molar-refractivity contribution in [2.45, 2.75) is 50.1 Å². The number of Topliss-reactive ketones (excluding diaryl/α,β-unsaturated/α-hetero) is 1. The van der Waals surface area contributed by atoms with Gasteiger partial charge in [-0.2, -0.15) is 0 Å². The molecule has 1 aromatic heterocycles. The summed E-state index contributed by atoms with van der Waals surface area (Å²) in [5.41, 5.74) is 2.10. The summed E-state index contributed by atoms with van der Waals surface area (Å²) in [6, 6.07) is 7.95. The molecule has 1 aliphatic carbocycles. The molecule has 0 N–H and O–H groups in total. The highest BCUT2D eigenvalue weighted by Crippen LogP contribution is 2.39. The van der Waals surface area contributed by atoms with Crippen molar-refractivity contribution in [1.29, 1.82) is 0 Å². The summed E-state index contributed by atoms with van der Waals surface area (Å²) < 4.78 is 2.03. The van der Waals surface area contributed by atoms with Gasteiger partial charge in [0, 0.05) is 18.5 Å². The van der Waals surface area contributed by atoms with Crippen molar-refractivity contribution in [1.82, 2.24) is 14.8 Å². The molecule has 5 heteroatoms. The van der Waals surface area contributed by atoms with Gasteiger partial charge in [-0.3, -0.25) is 4.79 Å². The van der Waals surface area contributed by atoms with Crippen LogP contribution in [-0.4, -0.2) is 26.3 Å². The second kappa shape index (κ2) is 6.11. The Kier molecular flexibility index (Phi) is 4.32. The van der Waals surface area contributed by atoms with E-state index in [9.17, 15) is 4.79 Å². The highest BCUT2D eigenvalue weighted by molar-refractivity contribution is 7.99. The zero-order chi connectivity index (χ0) is 16.6. The smallest absolute Gasteiger partial charge is 0.191 e. The summed E-state index contributed by atoms with van der Waals surface area (Å²) >= 11 is 1.47. The molecule has 4 nitrogen and oxygen atoms in total. The molecule has 1 fully saturated rings. The van der Waals surface area contributed by atoms with Crippen LogP contribution in [0.5, 0.6) is 0 Å². The second-order valence-electron chi connectivity index (χ2n) is 7.21. The Morgan fingerprint density at radius 1 is 1.22 bits per heavy atom. The van der Waals surface area contributed by atoms with Crippen LogP contribution >= 0.6 is 11.8 Å². The van der Waals surface area contributed by atoms with E-state index >= 15 is 0 Å². The van der Waals surface area contributed by atoms with Gasteiger partial charge in [0.1, 0.15) is 5.82 Å². The van der Waals surface area contributed by atoms with Crippen molar-refractivity contribution in [3.63, 3.8) is 0 Å². The maximum absolute atomic E-state index is 12.4. The van der Waals surface area contributed by atoms with Crippen LogP contribution in [-0.2, 0) is 12.5 Å². The molecular formula is C18H23N3OS. The third kappa shape index (κ3) is 3.66. The van der Waals surface area contributed by atoms with Crippen LogP contribution in [0, 0.1) is 0 Å². The van der Waals surface area contributed by atoms with Gasteiger partial charge in [0.05, 0.1) is 5.75 Å². The van der Waals surface area contributed by atoms with Gasteiger partial charge < -0.3 is 4.57 Å². The van der Waals surface area contributed by atoms with Gasteiger partial charge in [-0.1, -0.05) is 56.8 Å². The van der Waals surface area contributed by atoms with Crippen LogP contribution in [0.3, 0.4) is 0 Å². The molecule has 1 heterocycles. The number of carbonyl (C=O) groups is 1. The van der Waals surface area contributed by atoms with E-state index in [2.05, 4.69) is 31.0 Å². The topological polar surface area (TPSA) is 47.8 Å². The van der Waals surface area contributed by atoms with Crippen molar-refractivity contribution in [3.8, 4) is 0 Å². The molecule has 0 radical (unpaired) electrons. The quantitative estimate of drug-likeness (QED) is 0.615. The van der Waals surface area contributed by atoms with E-state index in [0.29, 0.717) is 11.7 Å². The molecule has 0 unspecified atom stereocenters. The minimum atomic E-state index is 0.105. The van der Waals surface area contributed by atoms with Crippen LogP contribution in [0.4, 0.5) is 0 Å². The third-order valence-electron chi connectivity index (χ3n) is 4.22. The molecule has 1 saturated carbocycles. The van der Waals surface area contributed by atoms with Gasteiger partial charge in [-0.05, 0) is 23.8 Å². The number of rotatable bonds is 5. The van der Waals surface area contributed by atoms with Crippen LogP contribution in [0.15, 0.2) is 29.4 Å². The van der Waals surface area contributed by atoms with Crippen LogP contribution in [0.2, 0.25) is 0 Å². The first kappa shape index (κ1) is 16.2. The van der Waals surface area contributed by atoms with Gasteiger partial charge in [0.25, 0.3) is 0 Å². The van der Waals surface area contributed by atoms with Crippen molar-refractivity contribution in [2.75, 3.05) is 5.75 Å². The number of nitrogens with zero attached hydrogens (tertiary/aromatic N) is 3. The first-order chi connectivity index (χ1) is 10.9. The van der Waals surface area contributed by atoms with Crippen molar-refractivity contribution in [3.05, 3.63) is 41.2 Å². The number of hydrogen-bond acceptors (Lipinski definition) is 4. The maximum atomic E-state index is 12.4. The first-order valence-corrected chi connectivity index (χ1v) is 9.00. The molecule has 0 bridgehead atoms. The van der Waals surface area contributed by atoms with Crippen molar-refractivity contribution < 1.29 is 4.79 Å². The summed E-state index contributed by atoms with van der Waals surface area (Å²) in [5.74, 6) is 2.15. The predicted molar refractivity (Wildman–Crippen MR) is 93.2 cm³/mol. The molecule has 1 aliphatic rings. The molecule has 0 spiro atoms. The average molecular weight is 329 g/mol. The van der Waals surface area contributed by atoms with E-state index in [1.54, 1.807) is 0 Å². The summed E-state index contributed by atoms with van der Waals surface area (Å²) in [7, 11) is 1.98. The van der Waals surface area contributed by atoms with Crippen LogP contribution < -0.4 is 0 Å². The number of benzene rings is 1. The molecule has 23 heavy (non-hydrogen) atoms. The van der Waals surface area contributed by atoms with E-state index in [1.165, 1.54) is 30.2 Å². The number of ketones is 1. The lowest BCUT2D eigenvalue weighted by Gasteiger charge is -2.18. The lowest BCUT2D eigenvalue weighted by molar-refractivity contribution is 0.102. The summed E-state index contributed by atoms with van der Waals surface area (Å²) in [4.78, 5) is 12.4. The Morgan fingerprint density at radius 3 is 2.43 bits per heavy atom. The number of carbonyl (C=O) groups excluding carboxylic acids is 1. The zero-order valence-electron chi connectivity index (χ0n) is 14.2. The molecule has 0 aliphatic heterocycles. The van der Waals surface area contributed by atoms with Crippen LogP contribution in [0.25, 0.3) is 0 Å². The van der Waals surface area contributed by atoms with Gasteiger partial charge in [0.2, 0.25) is 0 Å². The molecule has 3 rings (SSSR count). The Hall–Kier alpha value is -1.62. The summed E-state index contributed by atoms with van der Waals surface area (Å²) in [6.07, 6.45) is 2.41. The van der Waals surface area contributed by atoms with Crippen molar-refractivity contribution in [2.24, 2.45) is 7.05 Å². The molecule has 122 valence electrons. The van der Waals surface area contributed by atoms with Gasteiger partial charge in [0.15, 0.2) is 10.9 Å². The van der Waals surface area contributed by atoms with E-state index < -0.39 is 0 Å². The average Bonchev–Trinajstić information content (AvgIpc) is 3.28. The van der Waals surface area contributed by atoms with E-state index in [1.807, 2.05) is 35.9 Å². The minimum absolute atomic E-state index is 0.105. The van der Waals surface area contributed by atoms with Crippen molar-refractivity contribution >= 4 is 17.5 Å². The number of hydrogen-bond donors (Lipinski definition) is 0. The SMILES string of the molecule is Cn1c(SCC(=O)c2ccc(C(C)(C)C)cc2)nnc1C1CC1. The maximum Gasteiger partial charge on any atom is 0.191 e. The molecule has 0 atom stereocenters. The molecule has 0 saturated heterocycles. The fourth-order valence-electron chi connectivity index (χ4n) is 2.52. The monoisotopic (exact) mass is 329 g/mol. The Morgan fingerprint density at radius 2 is 1.87 bits per heavy atom. The van der Waals surface area contributed by atoms with E-state index in [0.717, 1.165) is 16.5 Å². The predicted octanol–water partition coefficient (Wildman–Crippen LogP) is 3.97. The second-order valence-corrected chi connectivity index (χ2v) is 8.16. The van der Waals surface area contributed by atoms with Gasteiger partial charge in [-0.15, -0.1) is 10.2 Å². The highest BCUT2D eigenvalue weighted by atomic mass is 32.2. The van der Waals surface area contributed by atoms with E-state index in [-0.39, 0.29) is 11.2 Å². The lowest BCUT2D eigenvalue weighted by atomic mass is 9.86. The normalized spacial score (nSPS) is 15.0. The Bertz CT molecular complexity index is 709. The summed E-state index contributed by atoms with van der Waals surface area (Å²) in [6.45, 7) is 6.52. The first-order valence-electron chi connectivity index (χ1n) is 8.02. The Balaban J connectivity index is 1.63. The van der Waals surface area contributed by atoms with E-state index in [4.69, 9.17) is 0 Å². The van der Waals surface area contributed by atoms with Gasteiger partial charge in [-0.25, -0.2) is 0 Å². The lowest BCUT2D eigenvalue weighted by Crippen LogP contribution is -2.11. The fourth-order valence-corrected chi connectivity index (χ4v) is 3.33. The molecule has 0 amide bonds. The molecule has 2 aromatic rings.